The van der Waals surface area contributed by atoms with E-state index in [1.165, 1.54) is 6.92 Å². The Morgan fingerprint density at radius 1 is 1.15 bits per heavy atom. The lowest BCUT2D eigenvalue weighted by molar-refractivity contribution is 0.546. The highest BCUT2D eigenvalue weighted by Crippen LogP contribution is 2.33. The molecule has 0 fully saturated rings. The van der Waals surface area contributed by atoms with Gasteiger partial charge in [0.05, 0.1) is 17.1 Å². The summed E-state index contributed by atoms with van der Waals surface area (Å²) < 4.78 is 34.2. The van der Waals surface area contributed by atoms with Crippen LogP contribution in [0.5, 0.6) is 0 Å². The molecule has 4 rings (SSSR count). The van der Waals surface area contributed by atoms with Crippen molar-refractivity contribution in [2.75, 3.05) is 5.32 Å². The van der Waals surface area contributed by atoms with E-state index in [1.54, 1.807) is 18.2 Å². The van der Waals surface area contributed by atoms with E-state index in [4.69, 9.17) is 16.0 Å². The summed E-state index contributed by atoms with van der Waals surface area (Å²) in [4.78, 5) is 20.7. The van der Waals surface area contributed by atoms with Crippen molar-refractivity contribution in [1.29, 1.82) is 5.26 Å². The molecule has 1 aromatic carbocycles. The van der Waals surface area contributed by atoms with Crippen LogP contribution in [-0.4, -0.2) is 9.97 Å². The van der Waals surface area contributed by atoms with Gasteiger partial charge in [0.15, 0.2) is 22.7 Å². The number of aryl methyl sites for hydroxylation is 1. The molecule has 0 aliphatic rings. The number of benzene rings is 1. The van der Waals surface area contributed by atoms with Crippen molar-refractivity contribution in [1.82, 2.24) is 9.97 Å². The van der Waals surface area contributed by atoms with Crippen LogP contribution in [0.1, 0.15) is 35.3 Å². The number of rotatable bonds is 4. The fraction of sp³-hybridized carbons (Fsp3) is 0.167. The normalized spacial score (nSPS) is 11.9. The van der Waals surface area contributed by atoms with Gasteiger partial charge in [-0.2, -0.15) is 9.65 Å². The van der Waals surface area contributed by atoms with Gasteiger partial charge in [-0.1, -0.05) is 17.7 Å². The largest absolute Gasteiger partial charge is 0.453 e. The molecule has 0 saturated carbocycles. The molecule has 4 aromatic rings. The van der Waals surface area contributed by atoms with Gasteiger partial charge in [0.1, 0.15) is 22.5 Å². The molecule has 1 atom stereocenters. The fourth-order valence-corrected chi connectivity index (χ4v) is 3.79. The van der Waals surface area contributed by atoms with E-state index in [0.29, 0.717) is 16.6 Å². The van der Waals surface area contributed by atoms with Crippen molar-refractivity contribution in [2.24, 2.45) is 0 Å². The first-order chi connectivity index (χ1) is 15.7. The Bertz CT molecular complexity index is 1510. The topological polar surface area (TPSA) is 91.8 Å². The van der Waals surface area contributed by atoms with Crippen molar-refractivity contribution in [3.05, 3.63) is 85.9 Å². The number of hydrogen-bond donors (Lipinski definition) is 1. The monoisotopic (exact) mass is 466 g/mol. The Balaban J connectivity index is 1.92. The summed E-state index contributed by atoms with van der Waals surface area (Å²) in [5.41, 5.74) is 1.50. The maximum Gasteiger partial charge on any atom is 0.213 e. The third-order valence-electron chi connectivity index (χ3n) is 5.22. The first-order valence-corrected chi connectivity index (χ1v) is 10.3. The molecule has 0 aliphatic carbocycles. The van der Waals surface area contributed by atoms with Crippen LogP contribution in [0.4, 0.5) is 14.5 Å². The summed E-state index contributed by atoms with van der Waals surface area (Å²) in [7, 11) is 0. The molecule has 166 valence electrons. The number of pyridine rings is 2. The SMILES string of the molecule is Cc1cc([C@@H](C)Nc2ccc(Cl)nc2C#N)c2oc(-c3nc(F)ccc3F)c(C)c(=O)c2c1. The van der Waals surface area contributed by atoms with E-state index < -0.39 is 17.8 Å². The van der Waals surface area contributed by atoms with Gasteiger partial charge in [-0.05, 0) is 56.7 Å². The lowest BCUT2D eigenvalue weighted by Gasteiger charge is -2.19. The zero-order chi connectivity index (χ0) is 23.9. The van der Waals surface area contributed by atoms with Crippen molar-refractivity contribution >= 4 is 28.3 Å². The Labute approximate surface area is 192 Å². The Hall–Kier alpha value is -3.83. The van der Waals surface area contributed by atoms with Gasteiger partial charge >= 0.3 is 0 Å². The minimum atomic E-state index is -0.896. The molecule has 0 amide bonds. The van der Waals surface area contributed by atoms with Crippen LogP contribution in [0.2, 0.25) is 5.15 Å². The highest BCUT2D eigenvalue weighted by atomic mass is 35.5. The van der Waals surface area contributed by atoms with Crippen LogP contribution >= 0.6 is 11.6 Å². The van der Waals surface area contributed by atoms with Crippen LogP contribution < -0.4 is 10.7 Å². The molecule has 0 unspecified atom stereocenters. The van der Waals surface area contributed by atoms with E-state index in [-0.39, 0.29) is 38.9 Å². The predicted octanol–water partition coefficient (Wildman–Crippen LogP) is 5.84. The zero-order valence-electron chi connectivity index (χ0n) is 17.8. The molecule has 1 N–H and O–H groups in total. The number of hydrogen-bond acceptors (Lipinski definition) is 6. The van der Waals surface area contributed by atoms with E-state index >= 15 is 0 Å². The highest BCUT2D eigenvalue weighted by Gasteiger charge is 2.22. The van der Waals surface area contributed by atoms with Crippen molar-refractivity contribution in [2.45, 2.75) is 26.8 Å². The van der Waals surface area contributed by atoms with E-state index in [2.05, 4.69) is 15.3 Å². The number of aromatic nitrogens is 2. The van der Waals surface area contributed by atoms with E-state index in [0.717, 1.165) is 17.7 Å². The van der Waals surface area contributed by atoms with Crippen LogP contribution in [-0.2, 0) is 0 Å². The average molecular weight is 467 g/mol. The Morgan fingerprint density at radius 3 is 2.64 bits per heavy atom. The number of nitrogens with one attached hydrogen (secondary N) is 1. The van der Waals surface area contributed by atoms with Crippen LogP contribution in [0, 0.1) is 36.9 Å². The van der Waals surface area contributed by atoms with Gasteiger partial charge in [-0.3, -0.25) is 4.79 Å². The summed E-state index contributed by atoms with van der Waals surface area (Å²) in [6, 6.07) is 10.0. The lowest BCUT2D eigenvalue weighted by Crippen LogP contribution is -2.13. The maximum atomic E-state index is 14.4. The van der Waals surface area contributed by atoms with Crippen molar-refractivity contribution < 1.29 is 13.2 Å². The second-order valence-electron chi connectivity index (χ2n) is 7.59. The van der Waals surface area contributed by atoms with E-state index in [9.17, 15) is 18.8 Å². The Morgan fingerprint density at radius 2 is 1.91 bits per heavy atom. The molecule has 3 aromatic heterocycles. The first-order valence-electron chi connectivity index (χ1n) is 9.93. The van der Waals surface area contributed by atoms with Gasteiger partial charge in [-0.25, -0.2) is 14.4 Å². The number of anilines is 1. The van der Waals surface area contributed by atoms with Crippen molar-refractivity contribution in [3.63, 3.8) is 0 Å². The highest BCUT2D eigenvalue weighted by molar-refractivity contribution is 6.29. The lowest BCUT2D eigenvalue weighted by atomic mass is 9.99. The zero-order valence-corrected chi connectivity index (χ0v) is 18.6. The first kappa shape index (κ1) is 22.4. The molecule has 0 spiro atoms. The number of fused-ring (bicyclic) bond motifs is 1. The summed E-state index contributed by atoms with van der Waals surface area (Å²) >= 11 is 5.88. The van der Waals surface area contributed by atoms with Gasteiger partial charge in [0, 0.05) is 11.1 Å². The molecule has 0 saturated heterocycles. The third-order valence-corrected chi connectivity index (χ3v) is 5.44. The van der Waals surface area contributed by atoms with Gasteiger partial charge in [-0.15, -0.1) is 0 Å². The smallest absolute Gasteiger partial charge is 0.213 e. The Kier molecular flexibility index (Phi) is 5.83. The molecule has 3 heterocycles. The molecule has 6 nitrogen and oxygen atoms in total. The second-order valence-corrected chi connectivity index (χ2v) is 7.98. The summed E-state index contributed by atoms with van der Waals surface area (Å²) in [5.74, 6) is -1.85. The molecule has 0 radical (unpaired) electrons. The molecule has 9 heteroatoms. The molecular weight excluding hydrogens is 450 g/mol. The number of halogens is 3. The average Bonchev–Trinajstić information content (AvgIpc) is 2.79. The maximum absolute atomic E-state index is 14.4. The van der Waals surface area contributed by atoms with Crippen LogP contribution in [0.15, 0.2) is 45.6 Å². The number of nitriles is 1. The fourth-order valence-electron chi connectivity index (χ4n) is 3.64. The standard InChI is InChI=1S/C24H17ClF2N4O2/c1-11-8-14(13(3)29-17-5-6-19(25)30-18(17)10-28)24-15(9-11)22(32)12(2)23(33-24)21-16(26)4-7-20(27)31-21/h4-9,13,29H,1-3H3/t13-/m1/s1. The second kappa shape index (κ2) is 8.60. The summed E-state index contributed by atoms with van der Waals surface area (Å²) in [6.07, 6.45) is 0. The quantitative estimate of drug-likeness (QED) is 0.380. The van der Waals surface area contributed by atoms with Crippen LogP contribution in [0.3, 0.4) is 0 Å². The van der Waals surface area contributed by atoms with Gasteiger partial charge in [0.25, 0.3) is 0 Å². The van der Waals surface area contributed by atoms with Crippen LogP contribution in [0.25, 0.3) is 22.4 Å². The molecular formula is C24H17ClF2N4O2. The van der Waals surface area contributed by atoms with Crippen molar-refractivity contribution in [3.8, 4) is 17.5 Å². The van der Waals surface area contributed by atoms with Gasteiger partial charge in [0.2, 0.25) is 5.95 Å². The minimum absolute atomic E-state index is 0.107. The van der Waals surface area contributed by atoms with E-state index in [1.807, 2.05) is 26.0 Å². The number of nitrogens with zero attached hydrogens (tertiary/aromatic N) is 3. The minimum Gasteiger partial charge on any atom is -0.453 e. The molecule has 33 heavy (non-hydrogen) atoms. The third kappa shape index (κ3) is 4.15. The van der Waals surface area contributed by atoms with Gasteiger partial charge < -0.3 is 9.73 Å². The summed E-state index contributed by atoms with van der Waals surface area (Å²) in [5, 5.41) is 13.0. The summed E-state index contributed by atoms with van der Waals surface area (Å²) in [6.45, 7) is 5.12. The predicted molar refractivity (Wildman–Crippen MR) is 121 cm³/mol. The molecule has 0 aliphatic heterocycles. The molecule has 0 bridgehead atoms.